The van der Waals surface area contributed by atoms with Crippen LogP contribution in [0.15, 0.2) is 60.7 Å². The Morgan fingerprint density at radius 3 is 2.13 bits per heavy atom. The number of likely N-dealkylation sites (tertiary alicyclic amines) is 1. The van der Waals surface area contributed by atoms with Crippen LogP contribution in [0, 0.1) is 0 Å². The first kappa shape index (κ1) is 15.8. The van der Waals surface area contributed by atoms with Crippen molar-refractivity contribution in [2.45, 2.75) is 24.9 Å². The molecule has 0 N–H and O–H groups in total. The van der Waals surface area contributed by atoms with Crippen molar-refractivity contribution >= 4 is 5.97 Å². The van der Waals surface area contributed by atoms with Gasteiger partial charge in [0.05, 0.1) is 0 Å². The van der Waals surface area contributed by atoms with E-state index >= 15 is 0 Å². The highest BCUT2D eigenvalue weighted by Gasteiger charge is 2.28. The van der Waals surface area contributed by atoms with Gasteiger partial charge in [-0.15, -0.1) is 0 Å². The number of benzene rings is 2. The monoisotopic (exact) mass is 309 g/mol. The number of rotatable bonds is 4. The number of nitrogens with zero attached hydrogens (tertiary/aromatic N) is 1. The molecule has 1 fully saturated rings. The summed E-state index contributed by atoms with van der Waals surface area (Å²) >= 11 is 0. The van der Waals surface area contributed by atoms with Crippen LogP contribution >= 0.6 is 0 Å². The van der Waals surface area contributed by atoms with Gasteiger partial charge in [0.1, 0.15) is 12.0 Å². The van der Waals surface area contributed by atoms with E-state index in [0.29, 0.717) is 0 Å². The molecule has 0 aromatic heterocycles. The quantitative estimate of drug-likeness (QED) is 0.810. The molecule has 1 heterocycles. The summed E-state index contributed by atoms with van der Waals surface area (Å²) in [5, 5.41) is 0. The van der Waals surface area contributed by atoms with Crippen LogP contribution in [0.3, 0.4) is 0 Å². The molecule has 1 saturated heterocycles. The average molecular weight is 309 g/mol. The number of esters is 1. The van der Waals surface area contributed by atoms with Crippen molar-refractivity contribution in [3.63, 3.8) is 0 Å². The van der Waals surface area contributed by atoms with Crippen LogP contribution in [-0.2, 0) is 9.53 Å². The first-order valence-corrected chi connectivity index (χ1v) is 8.23. The van der Waals surface area contributed by atoms with Gasteiger partial charge in [0.25, 0.3) is 0 Å². The van der Waals surface area contributed by atoms with E-state index in [4.69, 9.17) is 4.74 Å². The normalized spacial score (nSPS) is 18.8. The van der Waals surface area contributed by atoms with Gasteiger partial charge in [-0.2, -0.15) is 0 Å². The summed E-state index contributed by atoms with van der Waals surface area (Å²) in [7, 11) is 2.08. The van der Waals surface area contributed by atoms with Crippen molar-refractivity contribution in [1.29, 1.82) is 0 Å². The van der Waals surface area contributed by atoms with Gasteiger partial charge in [0.2, 0.25) is 0 Å². The highest BCUT2D eigenvalue weighted by molar-refractivity contribution is 5.82. The molecule has 0 unspecified atom stereocenters. The molecule has 2 aromatic rings. The van der Waals surface area contributed by atoms with Gasteiger partial charge in [-0.05, 0) is 37.6 Å². The first-order valence-electron chi connectivity index (χ1n) is 8.23. The zero-order valence-corrected chi connectivity index (χ0v) is 13.5. The predicted molar refractivity (Wildman–Crippen MR) is 91.3 cm³/mol. The standard InChI is InChI=1S/C20H23NO2/c1-21-14-8-13-18(15-21)23-20(22)19(16-9-4-2-5-10-16)17-11-6-3-7-12-17/h2-7,9-12,18-19H,8,13-15H2,1H3/t18-/m1/s1. The summed E-state index contributed by atoms with van der Waals surface area (Å²) in [4.78, 5) is 15.1. The maximum absolute atomic E-state index is 12.9. The Labute approximate surface area is 137 Å². The predicted octanol–water partition coefficient (Wildman–Crippen LogP) is 3.46. The molecule has 3 nitrogen and oxygen atoms in total. The topological polar surface area (TPSA) is 29.5 Å². The zero-order valence-electron chi connectivity index (χ0n) is 13.5. The minimum Gasteiger partial charge on any atom is -0.460 e. The SMILES string of the molecule is CN1CCC[C@@H](OC(=O)C(c2ccccc2)c2ccccc2)C1. The average Bonchev–Trinajstić information content (AvgIpc) is 2.57. The summed E-state index contributed by atoms with van der Waals surface area (Å²) in [6, 6.07) is 19.8. The molecule has 1 atom stereocenters. The summed E-state index contributed by atoms with van der Waals surface area (Å²) in [6.07, 6.45) is 2.03. The molecular weight excluding hydrogens is 286 g/mol. The molecule has 0 bridgehead atoms. The fraction of sp³-hybridized carbons (Fsp3) is 0.350. The lowest BCUT2D eigenvalue weighted by Crippen LogP contribution is -2.39. The van der Waals surface area contributed by atoms with E-state index < -0.39 is 0 Å². The Morgan fingerprint density at radius 1 is 1.04 bits per heavy atom. The number of carbonyl (C=O) groups is 1. The van der Waals surface area contributed by atoms with Crippen molar-refractivity contribution in [3.05, 3.63) is 71.8 Å². The molecule has 1 aliphatic heterocycles. The first-order chi connectivity index (χ1) is 11.2. The lowest BCUT2D eigenvalue weighted by atomic mass is 9.91. The summed E-state index contributed by atoms with van der Waals surface area (Å²) in [5.41, 5.74) is 1.96. The minimum absolute atomic E-state index is 0.00354. The highest BCUT2D eigenvalue weighted by Crippen LogP contribution is 2.27. The van der Waals surface area contributed by atoms with E-state index in [1.807, 2.05) is 60.7 Å². The third-order valence-corrected chi connectivity index (χ3v) is 4.37. The van der Waals surface area contributed by atoms with Gasteiger partial charge in [-0.3, -0.25) is 4.79 Å². The number of likely N-dealkylation sites (N-methyl/N-ethyl adjacent to an activating group) is 1. The Kier molecular flexibility index (Phi) is 5.09. The van der Waals surface area contributed by atoms with Crippen molar-refractivity contribution < 1.29 is 9.53 Å². The third-order valence-electron chi connectivity index (χ3n) is 4.37. The van der Waals surface area contributed by atoms with E-state index in [1.54, 1.807) is 0 Å². The van der Waals surface area contributed by atoms with Crippen molar-refractivity contribution in [2.24, 2.45) is 0 Å². The van der Waals surface area contributed by atoms with E-state index in [0.717, 1.165) is 37.1 Å². The molecule has 2 aromatic carbocycles. The van der Waals surface area contributed by atoms with Crippen LogP contribution in [0.2, 0.25) is 0 Å². The van der Waals surface area contributed by atoms with Crippen LogP contribution in [0.1, 0.15) is 29.9 Å². The van der Waals surface area contributed by atoms with Crippen LogP contribution in [-0.4, -0.2) is 37.1 Å². The van der Waals surface area contributed by atoms with Crippen LogP contribution in [0.25, 0.3) is 0 Å². The Balaban J connectivity index is 1.82. The van der Waals surface area contributed by atoms with Gasteiger partial charge in [0, 0.05) is 6.54 Å². The van der Waals surface area contributed by atoms with Gasteiger partial charge in [-0.1, -0.05) is 60.7 Å². The van der Waals surface area contributed by atoms with Gasteiger partial charge >= 0.3 is 5.97 Å². The smallest absolute Gasteiger partial charge is 0.318 e. The lowest BCUT2D eigenvalue weighted by Gasteiger charge is -2.30. The second kappa shape index (κ2) is 7.42. The van der Waals surface area contributed by atoms with E-state index in [9.17, 15) is 4.79 Å². The molecule has 3 heteroatoms. The number of piperidine rings is 1. The van der Waals surface area contributed by atoms with Gasteiger partial charge < -0.3 is 9.64 Å². The maximum atomic E-state index is 12.9. The molecule has 0 aliphatic carbocycles. The lowest BCUT2D eigenvalue weighted by molar-refractivity contribution is -0.152. The van der Waals surface area contributed by atoms with E-state index in [2.05, 4.69) is 11.9 Å². The molecule has 1 aliphatic rings. The Bertz CT molecular complexity index is 587. The maximum Gasteiger partial charge on any atom is 0.318 e. The Morgan fingerprint density at radius 2 is 1.61 bits per heavy atom. The van der Waals surface area contributed by atoms with Crippen LogP contribution in [0.4, 0.5) is 0 Å². The summed E-state index contributed by atoms with van der Waals surface area (Å²) in [5.74, 6) is -0.507. The second-order valence-electron chi connectivity index (χ2n) is 6.22. The third kappa shape index (κ3) is 3.99. The number of hydrogen-bond donors (Lipinski definition) is 0. The van der Waals surface area contributed by atoms with Crippen molar-refractivity contribution in [3.8, 4) is 0 Å². The van der Waals surface area contributed by atoms with Gasteiger partial charge in [0.15, 0.2) is 0 Å². The van der Waals surface area contributed by atoms with Crippen molar-refractivity contribution in [1.82, 2.24) is 4.90 Å². The molecule has 0 amide bonds. The largest absolute Gasteiger partial charge is 0.460 e. The molecule has 0 saturated carbocycles. The molecule has 0 radical (unpaired) electrons. The molecule has 3 rings (SSSR count). The number of hydrogen-bond acceptors (Lipinski definition) is 3. The van der Waals surface area contributed by atoms with Crippen LogP contribution in [0.5, 0.6) is 0 Å². The zero-order chi connectivity index (χ0) is 16.1. The fourth-order valence-electron chi connectivity index (χ4n) is 3.20. The molecule has 0 spiro atoms. The molecule has 23 heavy (non-hydrogen) atoms. The van der Waals surface area contributed by atoms with E-state index in [1.165, 1.54) is 0 Å². The minimum atomic E-state index is -0.357. The summed E-state index contributed by atoms with van der Waals surface area (Å²) in [6.45, 7) is 1.90. The highest BCUT2D eigenvalue weighted by atomic mass is 16.5. The van der Waals surface area contributed by atoms with Gasteiger partial charge in [-0.25, -0.2) is 0 Å². The molecular formula is C20H23NO2. The fourth-order valence-corrected chi connectivity index (χ4v) is 3.20. The molecule has 120 valence electrons. The Hall–Kier alpha value is -2.13. The van der Waals surface area contributed by atoms with E-state index in [-0.39, 0.29) is 18.0 Å². The van der Waals surface area contributed by atoms with Crippen molar-refractivity contribution in [2.75, 3.05) is 20.1 Å². The second-order valence-corrected chi connectivity index (χ2v) is 6.22. The van der Waals surface area contributed by atoms with Crippen LogP contribution < -0.4 is 0 Å². The number of ether oxygens (including phenoxy) is 1. The summed E-state index contributed by atoms with van der Waals surface area (Å²) < 4.78 is 5.85. The number of carbonyl (C=O) groups excluding carboxylic acids is 1.